The summed E-state index contributed by atoms with van der Waals surface area (Å²) in [4.78, 5) is 4.20. The Bertz CT molecular complexity index is 500. The van der Waals surface area contributed by atoms with Crippen molar-refractivity contribution in [3.05, 3.63) is 40.5 Å². The van der Waals surface area contributed by atoms with E-state index < -0.39 is 0 Å². The molecule has 0 saturated heterocycles. The molecule has 1 aromatic carbocycles. The van der Waals surface area contributed by atoms with Crippen molar-refractivity contribution >= 4 is 26.8 Å². The van der Waals surface area contributed by atoms with Crippen LogP contribution in [0.2, 0.25) is 0 Å². The molecule has 0 radical (unpaired) electrons. The molecular weight excluding hydrogens is 228 g/mol. The van der Waals surface area contributed by atoms with E-state index in [1.165, 1.54) is 0 Å². The van der Waals surface area contributed by atoms with E-state index in [1.54, 1.807) is 12.3 Å². The van der Waals surface area contributed by atoms with Crippen LogP contribution in [0.1, 0.15) is 5.56 Å². The number of hydrogen-bond acceptors (Lipinski definition) is 2. The van der Waals surface area contributed by atoms with Crippen LogP contribution in [-0.2, 0) is 0 Å². The molecule has 3 heteroatoms. The van der Waals surface area contributed by atoms with E-state index in [9.17, 15) is 0 Å². The first kappa shape index (κ1) is 8.21. The largest absolute Gasteiger partial charge is 0.255 e. The minimum absolute atomic E-state index is 0.660. The molecule has 0 bridgehead atoms. The van der Waals surface area contributed by atoms with Crippen LogP contribution >= 0.6 is 15.9 Å². The van der Waals surface area contributed by atoms with Gasteiger partial charge < -0.3 is 0 Å². The van der Waals surface area contributed by atoms with Crippen LogP contribution in [0.5, 0.6) is 0 Å². The third-order valence-electron chi connectivity index (χ3n) is 1.78. The summed E-state index contributed by atoms with van der Waals surface area (Å²) in [5.41, 5.74) is 1.56. The number of aromatic nitrogens is 1. The standard InChI is InChI=1S/C10H5BrN2/c11-9-4-8-3-7(5-12)1-2-10(8)13-6-9/h1-4,6H. The van der Waals surface area contributed by atoms with E-state index in [2.05, 4.69) is 27.0 Å². The number of pyridine rings is 1. The van der Waals surface area contributed by atoms with Crippen LogP contribution in [0.3, 0.4) is 0 Å². The zero-order valence-corrected chi connectivity index (χ0v) is 8.25. The number of fused-ring (bicyclic) bond motifs is 1. The highest BCUT2D eigenvalue weighted by molar-refractivity contribution is 9.10. The van der Waals surface area contributed by atoms with Gasteiger partial charge in [0.05, 0.1) is 17.1 Å². The molecule has 0 saturated carbocycles. The van der Waals surface area contributed by atoms with Gasteiger partial charge in [-0.25, -0.2) is 0 Å². The number of benzene rings is 1. The van der Waals surface area contributed by atoms with Crippen LogP contribution in [0.15, 0.2) is 34.9 Å². The highest BCUT2D eigenvalue weighted by atomic mass is 79.9. The zero-order valence-electron chi connectivity index (χ0n) is 6.66. The minimum Gasteiger partial charge on any atom is -0.255 e. The second kappa shape index (κ2) is 3.15. The lowest BCUT2D eigenvalue weighted by molar-refractivity contribution is 1.38. The van der Waals surface area contributed by atoms with Crippen LogP contribution in [0.4, 0.5) is 0 Å². The second-order valence-corrected chi connectivity index (χ2v) is 3.59. The number of rotatable bonds is 0. The molecule has 0 aliphatic heterocycles. The Kier molecular flexibility index (Phi) is 1.99. The van der Waals surface area contributed by atoms with Gasteiger partial charge in [0.2, 0.25) is 0 Å². The number of halogens is 1. The van der Waals surface area contributed by atoms with Gasteiger partial charge in [-0.1, -0.05) is 0 Å². The number of nitrogens with zero attached hydrogens (tertiary/aromatic N) is 2. The summed E-state index contributed by atoms with van der Waals surface area (Å²) >= 11 is 3.33. The van der Waals surface area contributed by atoms with Crippen molar-refractivity contribution in [3.63, 3.8) is 0 Å². The van der Waals surface area contributed by atoms with Gasteiger partial charge in [-0.2, -0.15) is 5.26 Å². The van der Waals surface area contributed by atoms with E-state index in [-0.39, 0.29) is 0 Å². The lowest BCUT2D eigenvalue weighted by atomic mass is 10.1. The summed E-state index contributed by atoms with van der Waals surface area (Å²) in [6.45, 7) is 0. The van der Waals surface area contributed by atoms with Crippen molar-refractivity contribution in [2.24, 2.45) is 0 Å². The number of hydrogen-bond donors (Lipinski definition) is 0. The molecule has 0 fully saturated rings. The summed E-state index contributed by atoms with van der Waals surface area (Å²) in [6, 6.07) is 9.48. The fraction of sp³-hybridized carbons (Fsp3) is 0. The van der Waals surface area contributed by atoms with Crippen LogP contribution in [0.25, 0.3) is 10.9 Å². The van der Waals surface area contributed by atoms with E-state index in [0.717, 1.165) is 15.4 Å². The number of nitriles is 1. The molecular formula is C10H5BrN2. The molecule has 0 aliphatic rings. The highest BCUT2D eigenvalue weighted by Gasteiger charge is 1.97. The van der Waals surface area contributed by atoms with Crippen molar-refractivity contribution in [2.75, 3.05) is 0 Å². The first-order valence-corrected chi connectivity index (χ1v) is 4.54. The zero-order chi connectivity index (χ0) is 9.26. The minimum atomic E-state index is 0.660. The maximum Gasteiger partial charge on any atom is 0.0991 e. The first-order chi connectivity index (χ1) is 6.29. The van der Waals surface area contributed by atoms with Gasteiger partial charge in [0.15, 0.2) is 0 Å². The van der Waals surface area contributed by atoms with Crippen LogP contribution < -0.4 is 0 Å². The normalized spacial score (nSPS) is 9.85. The third kappa shape index (κ3) is 1.53. The molecule has 0 amide bonds. The molecule has 0 atom stereocenters. The molecule has 62 valence electrons. The fourth-order valence-corrected chi connectivity index (χ4v) is 1.52. The summed E-state index contributed by atoms with van der Waals surface area (Å²) in [6.07, 6.45) is 1.74. The third-order valence-corrected chi connectivity index (χ3v) is 2.21. The summed E-state index contributed by atoms with van der Waals surface area (Å²) in [5, 5.41) is 9.66. The SMILES string of the molecule is N#Cc1ccc2ncc(Br)cc2c1. The monoisotopic (exact) mass is 232 g/mol. The van der Waals surface area contributed by atoms with Crippen molar-refractivity contribution in [1.29, 1.82) is 5.26 Å². The molecule has 2 nitrogen and oxygen atoms in total. The predicted molar refractivity (Wildman–Crippen MR) is 54.2 cm³/mol. The fourth-order valence-electron chi connectivity index (χ4n) is 1.17. The Labute approximate surface area is 84.0 Å². The molecule has 0 N–H and O–H groups in total. The molecule has 0 aliphatic carbocycles. The molecule has 0 unspecified atom stereocenters. The average Bonchev–Trinajstić information content (AvgIpc) is 2.16. The van der Waals surface area contributed by atoms with E-state index >= 15 is 0 Å². The second-order valence-electron chi connectivity index (χ2n) is 2.67. The molecule has 1 aromatic heterocycles. The van der Waals surface area contributed by atoms with Gasteiger partial charge in [0, 0.05) is 16.1 Å². The van der Waals surface area contributed by atoms with E-state index in [0.29, 0.717) is 5.56 Å². The van der Waals surface area contributed by atoms with Gasteiger partial charge in [0.25, 0.3) is 0 Å². The van der Waals surface area contributed by atoms with Gasteiger partial charge in [-0.3, -0.25) is 4.98 Å². The molecule has 13 heavy (non-hydrogen) atoms. The Morgan fingerprint density at radius 3 is 2.92 bits per heavy atom. The highest BCUT2D eigenvalue weighted by Crippen LogP contribution is 2.17. The summed E-state index contributed by atoms with van der Waals surface area (Å²) < 4.78 is 0.926. The Morgan fingerprint density at radius 2 is 2.15 bits per heavy atom. The van der Waals surface area contributed by atoms with Gasteiger partial charge in [0.1, 0.15) is 0 Å². The topological polar surface area (TPSA) is 36.7 Å². The lowest BCUT2D eigenvalue weighted by Crippen LogP contribution is -1.80. The summed E-state index contributed by atoms with van der Waals surface area (Å²) in [7, 11) is 0. The van der Waals surface area contributed by atoms with Crippen molar-refractivity contribution in [1.82, 2.24) is 4.98 Å². The van der Waals surface area contributed by atoms with Crippen molar-refractivity contribution in [2.45, 2.75) is 0 Å². The quantitative estimate of drug-likeness (QED) is 0.701. The van der Waals surface area contributed by atoms with Crippen molar-refractivity contribution < 1.29 is 0 Å². The van der Waals surface area contributed by atoms with E-state index in [1.807, 2.05) is 18.2 Å². The van der Waals surface area contributed by atoms with Crippen LogP contribution in [-0.4, -0.2) is 4.98 Å². The maximum absolute atomic E-state index is 8.68. The van der Waals surface area contributed by atoms with E-state index in [4.69, 9.17) is 5.26 Å². The lowest BCUT2D eigenvalue weighted by Gasteiger charge is -1.97. The molecule has 1 heterocycles. The Hall–Kier alpha value is -1.40. The molecule has 0 spiro atoms. The van der Waals surface area contributed by atoms with Gasteiger partial charge in [-0.15, -0.1) is 0 Å². The molecule has 2 aromatic rings. The maximum atomic E-state index is 8.68. The first-order valence-electron chi connectivity index (χ1n) is 3.75. The smallest absolute Gasteiger partial charge is 0.0991 e. The van der Waals surface area contributed by atoms with Crippen LogP contribution in [0, 0.1) is 11.3 Å². The van der Waals surface area contributed by atoms with Gasteiger partial charge >= 0.3 is 0 Å². The molecule has 2 rings (SSSR count). The Balaban J connectivity index is 2.77. The average molecular weight is 233 g/mol. The predicted octanol–water partition coefficient (Wildman–Crippen LogP) is 2.87. The van der Waals surface area contributed by atoms with Gasteiger partial charge in [-0.05, 0) is 40.2 Å². The van der Waals surface area contributed by atoms with Crippen molar-refractivity contribution in [3.8, 4) is 6.07 Å². The Morgan fingerprint density at radius 1 is 1.31 bits per heavy atom. The summed E-state index contributed by atoms with van der Waals surface area (Å²) in [5.74, 6) is 0.